The highest BCUT2D eigenvalue weighted by atomic mass is 16.5. The number of oxazole rings is 1. The number of ether oxygens (including phenoxy) is 3. The van der Waals surface area contributed by atoms with Crippen LogP contribution in [0.1, 0.15) is 13.3 Å². The van der Waals surface area contributed by atoms with E-state index in [2.05, 4.69) is 20.3 Å². The van der Waals surface area contributed by atoms with Gasteiger partial charge >= 0.3 is 0 Å². The van der Waals surface area contributed by atoms with Gasteiger partial charge in [-0.3, -0.25) is 4.79 Å². The molecule has 0 saturated heterocycles. The smallest absolute Gasteiger partial charge is 0.235 e. The fraction of sp³-hybridized carbons (Fsp3) is 0.273. The molecule has 9 nitrogen and oxygen atoms in total. The topological polar surface area (TPSA) is 109 Å². The van der Waals surface area contributed by atoms with Crippen molar-refractivity contribution in [3.05, 3.63) is 60.0 Å². The Morgan fingerprint density at radius 2 is 1.97 bits per heavy atom. The summed E-state index contributed by atoms with van der Waals surface area (Å²) in [6.07, 6.45) is 5.26. The zero-order chi connectivity index (χ0) is 22.0. The molecule has 3 aromatic rings. The SMILES string of the molecule is COC1=CC(C)(C(=O)Nc2cc(-c3nc4ncccc4o3)ccn2)CC(OC)=C1OC. The van der Waals surface area contributed by atoms with Crippen LogP contribution in [0, 0.1) is 5.41 Å². The number of nitrogens with zero attached hydrogens (tertiary/aromatic N) is 3. The Bertz CT molecular complexity index is 1170. The molecule has 0 aliphatic heterocycles. The highest BCUT2D eigenvalue weighted by Crippen LogP contribution is 2.39. The number of allylic oxidation sites excluding steroid dienone is 1. The quantitative estimate of drug-likeness (QED) is 0.641. The summed E-state index contributed by atoms with van der Waals surface area (Å²) < 4.78 is 22.0. The van der Waals surface area contributed by atoms with Crippen molar-refractivity contribution in [2.24, 2.45) is 5.41 Å². The molecule has 1 atom stereocenters. The molecule has 3 heterocycles. The van der Waals surface area contributed by atoms with Gasteiger partial charge in [0.05, 0.1) is 26.7 Å². The van der Waals surface area contributed by atoms with E-state index in [9.17, 15) is 4.79 Å². The zero-order valence-electron chi connectivity index (χ0n) is 17.6. The van der Waals surface area contributed by atoms with E-state index >= 15 is 0 Å². The van der Waals surface area contributed by atoms with Crippen LogP contribution in [0.15, 0.2) is 64.4 Å². The number of fused-ring (bicyclic) bond motifs is 1. The van der Waals surface area contributed by atoms with Gasteiger partial charge in [0, 0.05) is 24.4 Å². The molecule has 1 N–H and O–H groups in total. The molecule has 0 fully saturated rings. The Hall–Kier alpha value is -3.88. The summed E-state index contributed by atoms with van der Waals surface area (Å²) in [5.74, 6) is 1.93. The Kier molecular flexibility index (Phi) is 5.33. The zero-order valence-corrected chi connectivity index (χ0v) is 17.6. The van der Waals surface area contributed by atoms with Crippen molar-refractivity contribution >= 4 is 23.0 Å². The van der Waals surface area contributed by atoms with Gasteiger partial charge in [-0.2, -0.15) is 4.98 Å². The first kappa shape index (κ1) is 20.4. The Balaban J connectivity index is 1.60. The molecule has 0 bridgehead atoms. The summed E-state index contributed by atoms with van der Waals surface area (Å²) in [7, 11) is 4.58. The summed E-state index contributed by atoms with van der Waals surface area (Å²) in [5.41, 5.74) is 0.835. The van der Waals surface area contributed by atoms with E-state index in [4.69, 9.17) is 18.6 Å². The van der Waals surface area contributed by atoms with E-state index in [0.29, 0.717) is 52.2 Å². The van der Waals surface area contributed by atoms with Crippen molar-refractivity contribution in [1.82, 2.24) is 15.0 Å². The van der Waals surface area contributed by atoms with Gasteiger partial charge in [0.1, 0.15) is 11.6 Å². The number of methoxy groups -OCH3 is 3. The maximum absolute atomic E-state index is 13.2. The molecule has 3 aromatic heterocycles. The monoisotopic (exact) mass is 422 g/mol. The predicted octanol–water partition coefficient (Wildman–Crippen LogP) is 3.67. The van der Waals surface area contributed by atoms with E-state index in [1.54, 1.807) is 49.7 Å². The number of amides is 1. The Morgan fingerprint density at radius 3 is 2.68 bits per heavy atom. The second kappa shape index (κ2) is 8.10. The van der Waals surface area contributed by atoms with Crippen LogP contribution < -0.4 is 5.32 Å². The molecule has 4 rings (SSSR count). The standard InChI is InChI=1S/C22H22N4O5/c1-22(11-15(28-2)18(30-4)16(12-22)29-3)21(27)25-17-10-13(7-9-23-17)20-26-19-14(31-20)6-5-8-24-19/h5-11H,12H2,1-4H3,(H,23,25,27). The van der Waals surface area contributed by atoms with Crippen molar-refractivity contribution in [1.29, 1.82) is 0 Å². The first-order valence-corrected chi connectivity index (χ1v) is 9.55. The van der Waals surface area contributed by atoms with Gasteiger partial charge < -0.3 is 23.9 Å². The average Bonchev–Trinajstić information content (AvgIpc) is 3.23. The van der Waals surface area contributed by atoms with Crippen molar-refractivity contribution in [2.75, 3.05) is 26.6 Å². The first-order valence-electron chi connectivity index (χ1n) is 9.55. The molecule has 1 amide bonds. The third kappa shape index (κ3) is 3.81. The highest BCUT2D eigenvalue weighted by molar-refractivity contribution is 5.96. The minimum Gasteiger partial charge on any atom is -0.497 e. The van der Waals surface area contributed by atoms with E-state index in [-0.39, 0.29) is 5.91 Å². The second-order valence-corrected chi connectivity index (χ2v) is 7.20. The third-order valence-corrected chi connectivity index (χ3v) is 5.06. The number of hydrogen-bond donors (Lipinski definition) is 1. The van der Waals surface area contributed by atoms with Crippen molar-refractivity contribution < 1.29 is 23.4 Å². The molecule has 1 aliphatic rings. The molecule has 160 valence electrons. The molecule has 0 aromatic carbocycles. The minimum atomic E-state index is -0.933. The van der Waals surface area contributed by atoms with Gasteiger partial charge in [-0.25, -0.2) is 9.97 Å². The summed E-state index contributed by atoms with van der Waals surface area (Å²) in [5, 5.41) is 2.86. The van der Waals surface area contributed by atoms with Crippen molar-refractivity contribution in [3.63, 3.8) is 0 Å². The van der Waals surface area contributed by atoms with Crippen LogP contribution in [0.5, 0.6) is 0 Å². The third-order valence-electron chi connectivity index (χ3n) is 5.06. The van der Waals surface area contributed by atoms with Gasteiger partial charge in [0.25, 0.3) is 0 Å². The second-order valence-electron chi connectivity index (χ2n) is 7.20. The average molecular weight is 422 g/mol. The van der Waals surface area contributed by atoms with Gasteiger partial charge in [-0.1, -0.05) is 0 Å². The van der Waals surface area contributed by atoms with E-state index in [0.717, 1.165) is 0 Å². The summed E-state index contributed by atoms with van der Waals surface area (Å²) in [4.78, 5) is 26.0. The number of carbonyl (C=O) groups is 1. The summed E-state index contributed by atoms with van der Waals surface area (Å²) in [6, 6.07) is 7.02. The molecule has 1 unspecified atom stereocenters. The van der Waals surface area contributed by atoms with Gasteiger partial charge in [0.15, 0.2) is 22.7 Å². The van der Waals surface area contributed by atoms with E-state index in [1.165, 1.54) is 21.3 Å². The maximum Gasteiger partial charge on any atom is 0.235 e. The maximum atomic E-state index is 13.2. The van der Waals surface area contributed by atoms with Crippen LogP contribution in [-0.2, 0) is 19.0 Å². The summed E-state index contributed by atoms with van der Waals surface area (Å²) in [6.45, 7) is 1.79. The molecule has 0 spiro atoms. The van der Waals surface area contributed by atoms with Crippen molar-refractivity contribution in [3.8, 4) is 11.5 Å². The number of aromatic nitrogens is 3. The molecule has 0 radical (unpaired) electrons. The molecule has 0 saturated carbocycles. The Morgan fingerprint density at radius 1 is 1.13 bits per heavy atom. The van der Waals surface area contributed by atoms with Crippen LogP contribution in [0.25, 0.3) is 22.7 Å². The normalized spacial score (nSPS) is 18.5. The first-order chi connectivity index (χ1) is 15.0. The number of carbonyl (C=O) groups excluding carboxylic acids is 1. The fourth-order valence-corrected chi connectivity index (χ4v) is 3.42. The Labute approximate surface area is 178 Å². The minimum absolute atomic E-state index is 0.268. The van der Waals surface area contributed by atoms with E-state index < -0.39 is 5.41 Å². The molecule has 31 heavy (non-hydrogen) atoms. The molecular weight excluding hydrogens is 400 g/mol. The lowest BCUT2D eigenvalue weighted by Crippen LogP contribution is -2.35. The van der Waals surface area contributed by atoms with Crippen LogP contribution >= 0.6 is 0 Å². The predicted molar refractivity (Wildman–Crippen MR) is 113 cm³/mol. The number of hydrogen-bond acceptors (Lipinski definition) is 8. The lowest BCUT2D eigenvalue weighted by molar-refractivity contribution is -0.123. The van der Waals surface area contributed by atoms with Crippen LogP contribution in [0.2, 0.25) is 0 Å². The summed E-state index contributed by atoms with van der Waals surface area (Å²) >= 11 is 0. The van der Waals surface area contributed by atoms with Crippen LogP contribution in [0.3, 0.4) is 0 Å². The highest BCUT2D eigenvalue weighted by Gasteiger charge is 2.39. The number of anilines is 1. The van der Waals surface area contributed by atoms with Gasteiger partial charge in [0.2, 0.25) is 11.8 Å². The lowest BCUT2D eigenvalue weighted by Gasteiger charge is -2.31. The molecule has 1 aliphatic carbocycles. The van der Waals surface area contributed by atoms with Crippen LogP contribution in [0.4, 0.5) is 5.82 Å². The molecule has 9 heteroatoms. The molecular formula is C22H22N4O5. The lowest BCUT2D eigenvalue weighted by atomic mass is 9.80. The van der Waals surface area contributed by atoms with Crippen molar-refractivity contribution in [2.45, 2.75) is 13.3 Å². The number of rotatable bonds is 6. The number of nitrogens with one attached hydrogen (secondary N) is 1. The fourth-order valence-electron chi connectivity index (χ4n) is 3.42. The number of pyridine rings is 2. The largest absolute Gasteiger partial charge is 0.497 e. The van der Waals surface area contributed by atoms with Gasteiger partial charge in [-0.15, -0.1) is 0 Å². The van der Waals surface area contributed by atoms with E-state index in [1.807, 2.05) is 0 Å². The van der Waals surface area contributed by atoms with Crippen LogP contribution in [-0.4, -0.2) is 42.2 Å². The van der Waals surface area contributed by atoms with Gasteiger partial charge in [-0.05, 0) is 37.3 Å².